The second-order valence-corrected chi connectivity index (χ2v) is 5.83. The summed E-state index contributed by atoms with van der Waals surface area (Å²) in [6, 6.07) is 6.55. The number of nitrogens with zero attached hydrogens (tertiary/aromatic N) is 2. The van der Waals surface area contributed by atoms with Crippen LogP contribution in [0.3, 0.4) is 0 Å². The summed E-state index contributed by atoms with van der Waals surface area (Å²) in [5, 5.41) is 0. The van der Waals surface area contributed by atoms with Crippen molar-refractivity contribution in [1.29, 1.82) is 0 Å². The fourth-order valence-corrected chi connectivity index (χ4v) is 3.36. The standard InChI is InChI=1S/C15H23N2O/c1-13-3-4-15(18-2)14(11-13)12-17-8-5-16(6-9-17)7-10-17/h3-4,11H,5-10,12H2,1-2H3/q+1. The van der Waals surface area contributed by atoms with Crippen molar-refractivity contribution >= 4 is 0 Å². The lowest BCUT2D eigenvalue weighted by Crippen LogP contribution is -2.66. The van der Waals surface area contributed by atoms with E-state index in [1.54, 1.807) is 7.11 Å². The van der Waals surface area contributed by atoms with Crippen molar-refractivity contribution < 1.29 is 9.22 Å². The Balaban J connectivity index is 1.85. The Morgan fingerprint density at radius 2 is 1.83 bits per heavy atom. The molecule has 0 amide bonds. The highest BCUT2D eigenvalue weighted by Crippen LogP contribution is 2.28. The maximum Gasteiger partial charge on any atom is 0.127 e. The fraction of sp³-hybridized carbons (Fsp3) is 0.600. The lowest BCUT2D eigenvalue weighted by molar-refractivity contribution is -0.953. The Kier molecular flexibility index (Phi) is 3.04. The van der Waals surface area contributed by atoms with Crippen molar-refractivity contribution in [3.05, 3.63) is 29.3 Å². The quantitative estimate of drug-likeness (QED) is 0.753. The Morgan fingerprint density at radius 1 is 1.17 bits per heavy atom. The zero-order valence-corrected chi connectivity index (χ0v) is 11.5. The molecule has 3 saturated heterocycles. The van der Waals surface area contributed by atoms with E-state index in [0.717, 1.165) is 12.3 Å². The van der Waals surface area contributed by atoms with Crippen LogP contribution >= 0.6 is 0 Å². The second kappa shape index (κ2) is 4.56. The minimum Gasteiger partial charge on any atom is -0.496 e. The number of piperazine rings is 3. The third kappa shape index (κ3) is 2.13. The topological polar surface area (TPSA) is 12.5 Å². The number of ether oxygens (including phenoxy) is 1. The smallest absolute Gasteiger partial charge is 0.127 e. The largest absolute Gasteiger partial charge is 0.496 e. The predicted molar refractivity (Wildman–Crippen MR) is 72.7 cm³/mol. The molecule has 2 bridgehead atoms. The summed E-state index contributed by atoms with van der Waals surface area (Å²) in [4.78, 5) is 2.59. The van der Waals surface area contributed by atoms with Gasteiger partial charge in [0.2, 0.25) is 0 Å². The van der Waals surface area contributed by atoms with Crippen molar-refractivity contribution in [1.82, 2.24) is 4.90 Å². The van der Waals surface area contributed by atoms with E-state index in [4.69, 9.17) is 4.74 Å². The van der Waals surface area contributed by atoms with E-state index < -0.39 is 0 Å². The molecule has 98 valence electrons. The Bertz CT molecular complexity index is 422. The molecule has 0 saturated carbocycles. The van der Waals surface area contributed by atoms with Crippen molar-refractivity contribution in [2.75, 3.05) is 46.4 Å². The van der Waals surface area contributed by atoms with Gasteiger partial charge in [0.1, 0.15) is 12.3 Å². The molecule has 1 aromatic rings. The van der Waals surface area contributed by atoms with Crippen LogP contribution in [0.2, 0.25) is 0 Å². The van der Waals surface area contributed by atoms with Crippen LogP contribution in [0.5, 0.6) is 5.75 Å². The summed E-state index contributed by atoms with van der Waals surface area (Å²) in [6.45, 7) is 11.0. The van der Waals surface area contributed by atoms with E-state index in [1.807, 2.05) is 0 Å². The zero-order valence-electron chi connectivity index (χ0n) is 11.5. The lowest BCUT2D eigenvalue weighted by atomic mass is 10.1. The third-order valence-corrected chi connectivity index (χ3v) is 4.61. The number of benzene rings is 1. The molecule has 0 aliphatic carbocycles. The highest BCUT2D eigenvalue weighted by atomic mass is 16.5. The van der Waals surface area contributed by atoms with Gasteiger partial charge in [-0.15, -0.1) is 0 Å². The molecule has 1 aromatic carbocycles. The van der Waals surface area contributed by atoms with Gasteiger partial charge in [0.25, 0.3) is 0 Å². The number of methoxy groups -OCH3 is 1. The van der Waals surface area contributed by atoms with E-state index in [-0.39, 0.29) is 0 Å². The zero-order chi connectivity index (χ0) is 12.6. The molecule has 3 fully saturated rings. The van der Waals surface area contributed by atoms with Crippen LogP contribution in [-0.2, 0) is 6.54 Å². The first-order valence-corrected chi connectivity index (χ1v) is 6.92. The van der Waals surface area contributed by atoms with Gasteiger partial charge in [0.05, 0.1) is 26.7 Å². The van der Waals surface area contributed by atoms with Gasteiger partial charge in [0, 0.05) is 25.2 Å². The van der Waals surface area contributed by atoms with Gasteiger partial charge < -0.3 is 9.22 Å². The number of quaternary nitrogens is 1. The highest BCUT2D eigenvalue weighted by molar-refractivity contribution is 5.36. The van der Waals surface area contributed by atoms with Crippen molar-refractivity contribution in [2.24, 2.45) is 0 Å². The van der Waals surface area contributed by atoms with E-state index in [0.29, 0.717) is 0 Å². The Hall–Kier alpha value is -1.06. The van der Waals surface area contributed by atoms with Crippen LogP contribution in [0, 0.1) is 6.92 Å². The van der Waals surface area contributed by atoms with E-state index in [1.165, 1.54) is 54.9 Å². The maximum absolute atomic E-state index is 5.52. The molecule has 0 spiro atoms. The van der Waals surface area contributed by atoms with E-state index in [2.05, 4.69) is 30.0 Å². The molecule has 0 atom stereocenters. The molecule has 3 heteroatoms. The van der Waals surface area contributed by atoms with Gasteiger partial charge in [-0.2, -0.15) is 0 Å². The first kappa shape index (κ1) is 12.0. The van der Waals surface area contributed by atoms with E-state index in [9.17, 15) is 0 Å². The van der Waals surface area contributed by atoms with Crippen LogP contribution in [0.25, 0.3) is 0 Å². The van der Waals surface area contributed by atoms with Crippen molar-refractivity contribution in [3.63, 3.8) is 0 Å². The normalized spacial score (nSPS) is 30.4. The summed E-state index contributed by atoms with van der Waals surface area (Å²) in [6.07, 6.45) is 0. The van der Waals surface area contributed by atoms with Crippen LogP contribution in [0.4, 0.5) is 0 Å². The molecule has 0 radical (unpaired) electrons. The van der Waals surface area contributed by atoms with Gasteiger partial charge in [-0.3, -0.25) is 4.90 Å². The summed E-state index contributed by atoms with van der Waals surface area (Å²) < 4.78 is 6.78. The molecular formula is C15H23N2O+. The molecule has 18 heavy (non-hydrogen) atoms. The maximum atomic E-state index is 5.52. The molecule has 3 heterocycles. The predicted octanol–water partition coefficient (Wildman–Crippen LogP) is 1.65. The summed E-state index contributed by atoms with van der Waals surface area (Å²) in [5.41, 5.74) is 2.72. The number of hydrogen-bond donors (Lipinski definition) is 0. The Labute approximate surface area is 110 Å². The highest BCUT2D eigenvalue weighted by Gasteiger charge is 2.38. The molecule has 3 nitrogen and oxygen atoms in total. The number of hydrogen-bond acceptors (Lipinski definition) is 2. The van der Waals surface area contributed by atoms with Crippen LogP contribution < -0.4 is 4.74 Å². The molecule has 3 aliphatic heterocycles. The summed E-state index contributed by atoms with van der Waals surface area (Å²) >= 11 is 0. The average molecular weight is 247 g/mol. The van der Waals surface area contributed by atoms with Crippen LogP contribution in [0.15, 0.2) is 18.2 Å². The lowest BCUT2D eigenvalue weighted by Gasteiger charge is -2.50. The van der Waals surface area contributed by atoms with Crippen molar-refractivity contribution in [2.45, 2.75) is 13.5 Å². The van der Waals surface area contributed by atoms with Crippen molar-refractivity contribution in [3.8, 4) is 5.75 Å². The second-order valence-electron chi connectivity index (χ2n) is 5.83. The van der Waals surface area contributed by atoms with Crippen LogP contribution in [0.1, 0.15) is 11.1 Å². The molecule has 0 unspecified atom stereocenters. The minimum atomic E-state index is 1.06. The van der Waals surface area contributed by atoms with Gasteiger partial charge in [-0.05, 0) is 19.1 Å². The number of rotatable bonds is 3. The number of fused-ring (bicyclic) bond motifs is 3. The van der Waals surface area contributed by atoms with Gasteiger partial charge in [-0.1, -0.05) is 11.6 Å². The van der Waals surface area contributed by atoms with Gasteiger partial charge >= 0.3 is 0 Å². The average Bonchev–Trinajstić information content (AvgIpc) is 2.41. The SMILES string of the molecule is COc1ccc(C)cc1C[N+]12CCN(CC1)CC2. The molecule has 0 N–H and O–H groups in total. The molecule has 3 aliphatic rings. The Morgan fingerprint density at radius 3 is 2.44 bits per heavy atom. The van der Waals surface area contributed by atoms with E-state index >= 15 is 0 Å². The molecule has 4 rings (SSSR count). The minimum absolute atomic E-state index is 1.06. The molecule has 0 aromatic heterocycles. The van der Waals surface area contributed by atoms with Crippen LogP contribution in [-0.4, -0.2) is 55.8 Å². The summed E-state index contributed by atoms with van der Waals surface area (Å²) in [5.74, 6) is 1.06. The third-order valence-electron chi connectivity index (χ3n) is 4.61. The monoisotopic (exact) mass is 247 g/mol. The van der Waals surface area contributed by atoms with Gasteiger partial charge in [0.15, 0.2) is 0 Å². The number of aryl methyl sites for hydroxylation is 1. The first-order chi connectivity index (χ1) is 8.71. The molecular weight excluding hydrogens is 224 g/mol. The first-order valence-electron chi connectivity index (χ1n) is 6.92. The summed E-state index contributed by atoms with van der Waals surface area (Å²) in [7, 11) is 1.78. The van der Waals surface area contributed by atoms with Gasteiger partial charge in [-0.25, -0.2) is 0 Å². The fourth-order valence-electron chi connectivity index (χ4n) is 3.36.